The quantitative estimate of drug-likeness (QED) is 0.436. The number of carbonyl (C=O) groups is 3. The fourth-order valence-corrected chi connectivity index (χ4v) is 2.73. The Hall–Kier alpha value is -2.83. The molecule has 1 aliphatic heterocycles. The van der Waals surface area contributed by atoms with Crippen molar-refractivity contribution in [1.82, 2.24) is 0 Å². The Labute approximate surface area is 144 Å². The lowest BCUT2D eigenvalue weighted by Gasteiger charge is -2.31. The predicted molar refractivity (Wildman–Crippen MR) is 86.8 cm³/mol. The average Bonchev–Trinajstić information content (AvgIpc) is 2.58. The van der Waals surface area contributed by atoms with E-state index in [0.717, 1.165) is 0 Å². The van der Waals surface area contributed by atoms with Crippen LogP contribution in [-0.2, 0) is 30.3 Å². The van der Waals surface area contributed by atoms with Crippen LogP contribution in [0.2, 0.25) is 0 Å². The molecule has 0 spiro atoms. The number of aromatic hydroxyl groups is 2. The van der Waals surface area contributed by atoms with Crippen molar-refractivity contribution in [3.8, 4) is 11.5 Å². The van der Waals surface area contributed by atoms with Crippen LogP contribution < -0.4 is 0 Å². The summed E-state index contributed by atoms with van der Waals surface area (Å²) in [5.74, 6) is -2.14. The molecule has 7 heteroatoms. The van der Waals surface area contributed by atoms with Gasteiger partial charge in [-0.25, -0.2) is 0 Å². The fraction of sp³-hybridized carbons (Fsp3) is 0.389. The van der Waals surface area contributed by atoms with Crippen molar-refractivity contribution in [1.29, 1.82) is 0 Å². The molecule has 2 rings (SSSR count). The summed E-state index contributed by atoms with van der Waals surface area (Å²) in [7, 11) is 0. The predicted octanol–water partition coefficient (Wildman–Crippen LogP) is 1.51. The first kappa shape index (κ1) is 18.5. The zero-order valence-corrected chi connectivity index (χ0v) is 13.8. The van der Waals surface area contributed by atoms with Gasteiger partial charge in [0, 0.05) is 17.9 Å². The summed E-state index contributed by atoms with van der Waals surface area (Å²) in [4.78, 5) is 34.4. The van der Waals surface area contributed by atoms with Gasteiger partial charge < -0.3 is 24.5 Å². The SMILES string of the molecule is C[C@@H]1OC=C(C=O)[C@@H](CC(=O)OCCc2ccc(O)c(O)c2)[C@@H]1C=O. The molecule has 0 aromatic heterocycles. The number of hydrogen-bond acceptors (Lipinski definition) is 7. The van der Waals surface area contributed by atoms with E-state index in [0.29, 0.717) is 24.6 Å². The minimum atomic E-state index is -0.591. The van der Waals surface area contributed by atoms with Crippen LogP contribution in [0.5, 0.6) is 11.5 Å². The minimum Gasteiger partial charge on any atom is -0.504 e. The van der Waals surface area contributed by atoms with E-state index in [4.69, 9.17) is 9.47 Å². The molecule has 0 unspecified atom stereocenters. The number of ether oxygens (including phenoxy) is 2. The molecule has 1 aromatic carbocycles. The first-order valence-electron chi connectivity index (χ1n) is 7.88. The van der Waals surface area contributed by atoms with Crippen LogP contribution in [0.15, 0.2) is 30.0 Å². The highest BCUT2D eigenvalue weighted by Gasteiger charge is 2.35. The number of allylic oxidation sites excluding steroid dienone is 1. The molecule has 0 saturated heterocycles. The smallest absolute Gasteiger partial charge is 0.306 e. The highest BCUT2D eigenvalue weighted by Crippen LogP contribution is 2.31. The monoisotopic (exact) mass is 348 g/mol. The molecule has 0 amide bonds. The molecule has 0 saturated carbocycles. The third kappa shape index (κ3) is 4.59. The zero-order chi connectivity index (χ0) is 18.4. The van der Waals surface area contributed by atoms with Crippen molar-refractivity contribution in [3.05, 3.63) is 35.6 Å². The van der Waals surface area contributed by atoms with Gasteiger partial charge in [-0.05, 0) is 24.6 Å². The van der Waals surface area contributed by atoms with Crippen LogP contribution in [0.4, 0.5) is 0 Å². The van der Waals surface area contributed by atoms with Crippen LogP contribution in [0.1, 0.15) is 18.9 Å². The summed E-state index contributed by atoms with van der Waals surface area (Å²) in [5.41, 5.74) is 0.956. The summed E-state index contributed by atoms with van der Waals surface area (Å²) in [6.07, 6.45) is 2.41. The van der Waals surface area contributed by atoms with Crippen molar-refractivity contribution < 1.29 is 34.1 Å². The van der Waals surface area contributed by atoms with Gasteiger partial charge >= 0.3 is 5.97 Å². The molecule has 1 aromatic rings. The molecule has 0 aliphatic carbocycles. The van der Waals surface area contributed by atoms with Crippen molar-refractivity contribution in [2.75, 3.05) is 6.61 Å². The van der Waals surface area contributed by atoms with Gasteiger partial charge in [-0.15, -0.1) is 0 Å². The van der Waals surface area contributed by atoms with Crippen molar-refractivity contribution >= 4 is 18.5 Å². The lowest BCUT2D eigenvalue weighted by atomic mass is 9.80. The van der Waals surface area contributed by atoms with E-state index in [9.17, 15) is 24.6 Å². The summed E-state index contributed by atoms with van der Waals surface area (Å²) in [6.45, 7) is 1.78. The van der Waals surface area contributed by atoms with Gasteiger partial charge in [0.15, 0.2) is 11.5 Å². The average molecular weight is 348 g/mol. The van der Waals surface area contributed by atoms with E-state index in [1.165, 1.54) is 18.4 Å². The zero-order valence-electron chi connectivity index (χ0n) is 13.8. The van der Waals surface area contributed by atoms with E-state index in [1.54, 1.807) is 13.0 Å². The molecule has 134 valence electrons. The Bertz CT molecular complexity index is 680. The highest BCUT2D eigenvalue weighted by atomic mass is 16.5. The summed E-state index contributed by atoms with van der Waals surface area (Å²) >= 11 is 0. The van der Waals surface area contributed by atoms with E-state index >= 15 is 0 Å². The molecule has 1 heterocycles. The normalized spacial score (nSPS) is 22.4. The summed E-state index contributed by atoms with van der Waals surface area (Å²) in [5, 5.41) is 18.7. The molecule has 25 heavy (non-hydrogen) atoms. The Morgan fingerprint density at radius 1 is 1.28 bits per heavy atom. The van der Waals surface area contributed by atoms with E-state index < -0.39 is 23.9 Å². The molecular weight excluding hydrogens is 328 g/mol. The number of hydrogen-bond donors (Lipinski definition) is 2. The summed E-state index contributed by atoms with van der Waals surface area (Å²) < 4.78 is 10.4. The van der Waals surface area contributed by atoms with Crippen LogP contribution in [0.3, 0.4) is 0 Å². The van der Waals surface area contributed by atoms with Crippen LogP contribution in [0, 0.1) is 11.8 Å². The van der Waals surface area contributed by atoms with Gasteiger partial charge in [0.05, 0.1) is 25.2 Å². The maximum absolute atomic E-state index is 12.0. The van der Waals surface area contributed by atoms with Gasteiger partial charge in [-0.1, -0.05) is 6.07 Å². The van der Waals surface area contributed by atoms with Crippen LogP contribution >= 0.6 is 0 Å². The number of phenolic OH excluding ortho intramolecular Hbond substituents is 2. The molecule has 7 nitrogen and oxygen atoms in total. The summed E-state index contributed by atoms with van der Waals surface area (Å²) in [6, 6.07) is 4.35. The van der Waals surface area contributed by atoms with E-state index in [1.807, 2.05) is 0 Å². The standard InChI is InChI=1S/C18H20O7/c1-11-15(9-20)14(13(8-19)10-25-11)7-18(23)24-5-4-12-2-3-16(21)17(22)6-12/h2-3,6,8-11,14-15,21-22H,4-5,7H2,1H3/t11-,14+,15+/m0/s1. The van der Waals surface area contributed by atoms with E-state index in [-0.39, 0.29) is 30.1 Å². The Morgan fingerprint density at radius 2 is 2.04 bits per heavy atom. The second kappa shape index (κ2) is 8.32. The molecular formula is C18H20O7. The first-order chi connectivity index (χ1) is 12.0. The number of esters is 1. The van der Waals surface area contributed by atoms with Crippen molar-refractivity contribution in [2.24, 2.45) is 11.8 Å². The highest BCUT2D eigenvalue weighted by molar-refractivity contribution is 5.79. The van der Waals surface area contributed by atoms with E-state index in [2.05, 4.69) is 0 Å². The molecule has 0 radical (unpaired) electrons. The van der Waals surface area contributed by atoms with Gasteiger partial charge in [-0.2, -0.15) is 0 Å². The van der Waals surface area contributed by atoms with Crippen molar-refractivity contribution in [2.45, 2.75) is 25.9 Å². The maximum atomic E-state index is 12.0. The number of benzene rings is 1. The lowest BCUT2D eigenvalue weighted by Crippen LogP contribution is -2.35. The molecule has 0 fully saturated rings. The van der Waals surface area contributed by atoms with Gasteiger partial charge in [0.2, 0.25) is 0 Å². The molecule has 2 N–H and O–H groups in total. The van der Waals surface area contributed by atoms with Crippen LogP contribution in [0.25, 0.3) is 0 Å². The number of aldehydes is 2. The van der Waals surface area contributed by atoms with Crippen LogP contribution in [-0.4, -0.2) is 41.5 Å². The fourth-order valence-electron chi connectivity index (χ4n) is 2.73. The van der Waals surface area contributed by atoms with Gasteiger partial charge in [0.1, 0.15) is 18.7 Å². The van der Waals surface area contributed by atoms with Gasteiger partial charge in [0.25, 0.3) is 0 Å². The Balaban J connectivity index is 1.90. The van der Waals surface area contributed by atoms with Gasteiger partial charge in [-0.3, -0.25) is 9.59 Å². The number of carbonyl (C=O) groups excluding carboxylic acids is 3. The molecule has 1 aliphatic rings. The number of phenols is 2. The largest absolute Gasteiger partial charge is 0.504 e. The lowest BCUT2D eigenvalue weighted by molar-refractivity contribution is -0.145. The topological polar surface area (TPSA) is 110 Å². The second-order valence-electron chi connectivity index (χ2n) is 5.89. The van der Waals surface area contributed by atoms with Crippen molar-refractivity contribution in [3.63, 3.8) is 0 Å². The Morgan fingerprint density at radius 3 is 2.68 bits per heavy atom. The minimum absolute atomic E-state index is 0.0771. The number of rotatable bonds is 7. The third-order valence-electron chi connectivity index (χ3n) is 4.23. The Kier molecular flexibility index (Phi) is 6.16. The molecule has 0 bridgehead atoms. The second-order valence-corrected chi connectivity index (χ2v) is 5.89. The maximum Gasteiger partial charge on any atom is 0.306 e. The third-order valence-corrected chi connectivity index (χ3v) is 4.23. The molecule has 3 atom stereocenters. The first-order valence-corrected chi connectivity index (χ1v) is 7.88.